The third-order valence-electron chi connectivity index (χ3n) is 8.95. The average molecular weight is 609 g/mol. The van der Waals surface area contributed by atoms with Gasteiger partial charge >= 0.3 is 5.97 Å². The van der Waals surface area contributed by atoms with Crippen LogP contribution in [0.25, 0.3) is 0 Å². The Hall–Kier alpha value is -4.23. The van der Waals surface area contributed by atoms with Crippen molar-refractivity contribution in [2.75, 3.05) is 13.2 Å². The smallest absolute Gasteiger partial charge is 0.309 e. The van der Waals surface area contributed by atoms with Gasteiger partial charge in [-0.2, -0.15) is 0 Å². The van der Waals surface area contributed by atoms with Crippen LogP contribution in [0.5, 0.6) is 0 Å². The Morgan fingerprint density at radius 3 is 2.22 bits per heavy atom. The van der Waals surface area contributed by atoms with Gasteiger partial charge in [-0.3, -0.25) is 14.4 Å². The topological polar surface area (TPSA) is 95.9 Å². The highest BCUT2D eigenvalue weighted by Gasteiger charge is 2.33. The number of cyclic esters (lactones) is 1. The molecule has 4 atom stereocenters. The van der Waals surface area contributed by atoms with E-state index < -0.39 is 12.0 Å². The van der Waals surface area contributed by atoms with Gasteiger partial charge in [0.05, 0.1) is 30.5 Å². The van der Waals surface area contributed by atoms with Crippen molar-refractivity contribution in [1.82, 2.24) is 10.2 Å². The number of ether oxygens (including phenoxy) is 1. The average Bonchev–Trinajstić information content (AvgIpc) is 3.07. The predicted molar refractivity (Wildman–Crippen MR) is 174 cm³/mol. The number of amides is 2. The molecule has 3 aromatic carbocycles. The molecule has 0 aromatic heterocycles. The lowest BCUT2D eigenvalue weighted by Crippen LogP contribution is -2.48. The van der Waals surface area contributed by atoms with E-state index in [9.17, 15) is 19.5 Å². The number of nitrogens with zero attached hydrogens (tertiary/aromatic N) is 1. The minimum atomic E-state index is -0.590. The Bertz CT molecular complexity index is 1440. The summed E-state index contributed by atoms with van der Waals surface area (Å²) in [6.45, 7) is 0.338. The van der Waals surface area contributed by atoms with Crippen molar-refractivity contribution in [3.05, 3.63) is 119 Å². The second-order valence-electron chi connectivity index (χ2n) is 12.3. The van der Waals surface area contributed by atoms with Crippen LogP contribution in [0, 0.1) is 11.8 Å². The molecule has 0 fully saturated rings. The number of rotatable bonds is 7. The van der Waals surface area contributed by atoms with Crippen LogP contribution >= 0.6 is 0 Å². The largest absolute Gasteiger partial charge is 0.463 e. The van der Waals surface area contributed by atoms with Crippen molar-refractivity contribution in [2.45, 2.75) is 70.0 Å². The molecular weight excluding hydrogens is 564 g/mol. The molecule has 2 aliphatic heterocycles. The Morgan fingerprint density at radius 2 is 1.51 bits per heavy atom. The predicted octanol–water partition coefficient (Wildman–Crippen LogP) is 5.20. The Labute approximate surface area is 266 Å². The van der Waals surface area contributed by atoms with Gasteiger partial charge in [0.2, 0.25) is 11.8 Å². The van der Waals surface area contributed by atoms with Gasteiger partial charge in [-0.15, -0.1) is 0 Å². The molecule has 0 bridgehead atoms. The summed E-state index contributed by atoms with van der Waals surface area (Å²) in [6, 6.07) is 27.0. The summed E-state index contributed by atoms with van der Waals surface area (Å²) in [5.41, 5.74) is 4.33. The molecule has 45 heavy (non-hydrogen) atoms. The molecule has 0 radical (unpaired) electrons. The maximum Gasteiger partial charge on any atom is 0.309 e. The van der Waals surface area contributed by atoms with Crippen LogP contribution in [-0.4, -0.2) is 53.1 Å². The highest BCUT2D eigenvalue weighted by molar-refractivity contribution is 5.86. The van der Waals surface area contributed by atoms with E-state index >= 15 is 0 Å². The number of fused-ring (bicyclic) bond motifs is 1. The standard InChI is InChI=1S/C38H44N2O5/c41-26-35-23-30-17-11-12-20-33(30)25-40(35)36(42)24-31-18-9-1-2-10-19-32(21-28-13-5-3-6-14-28)38(44)45-27-34(39-37(31)43)22-29-15-7-4-8-16-29/h1,3-9,11-17,20,31-32,34-35,41H,2,10,18-19,21-27H2,(H,39,43)/t31-,32-,34-,35+/m1/s1. The van der Waals surface area contributed by atoms with Crippen LogP contribution in [0.2, 0.25) is 0 Å². The first kappa shape index (κ1) is 32.2. The molecule has 236 valence electrons. The van der Waals surface area contributed by atoms with E-state index in [1.54, 1.807) is 4.90 Å². The van der Waals surface area contributed by atoms with Gasteiger partial charge in [-0.25, -0.2) is 0 Å². The zero-order valence-corrected chi connectivity index (χ0v) is 25.9. The molecule has 0 unspecified atom stereocenters. The molecule has 2 amide bonds. The van der Waals surface area contributed by atoms with Crippen LogP contribution in [0.15, 0.2) is 97.1 Å². The van der Waals surface area contributed by atoms with Gasteiger partial charge in [-0.05, 0) is 67.2 Å². The molecule has 7 heteroatoms. The van der Waals surface area contributed by atoms with E-state index in [2.05, 4.69) is 11.4 Å². The molecule has 0 saturated carbocycles. The van der Waals surface area contributed by atoms with E-state index in [4.69, 9.17) is 4.74 Å². The number of benzene rings is 3. The number of nitrogens with one attached hydrogen (secondary N) is 1. The zero-order chi connectivity index (χ0) is 31.4. The summed E-state index contributed by atoms with van der Waals surface area (Å²) in [6.07, 6.45) is 8.49. The zero-order valence-electron chi connectivity index (χ0n) is 25.9. The molecule has 5 rings (SSSR count). The number of aliphatic hydroxyl groups excluding tert-OH is 1. The molecular formula is C38H44N2O5. The first-order valence-electron chi connectivity index (χ1n) is 16.2. The normalized spacial score (nSPS) is 22.9. The van der Waals surface area contributed by atoms with Gasteiger partial charge in [0, 0.05) is 13.0 Å². The van der Waals surface area contributed by atoms with Gasteiger partial charge in [0.25, 0.3) is 0 Å². The SMILES string of the molecule is O=C1N[C@H](Cc2ccccc2)COC(=O)[C@@H](Cc2ccccc2)CCCC=CC[C@@H]1CC(=O)N1Cc2ccccc2C[C@H]1CO. The van der Waals surface area contributed by atoms with E-state index in [1.807, 2.05) is 91.0 Å². The fourth-order valence-corrected chi connectivity index (χ4v) is 6.39. The monoisotopic (exact) mass is 608 g/mol. The second kappa shape index (κ2) is 16.2. The summed E-state index contributed by atoms with van der Waals surface area (Å²) < 4.78 is 5.90. The molecule has 2 heterocycles. The van der Waals surface area contributed by atoms with E-state index in [0.29, 0.717) is 38.6 Å². The molecule has 0 saturated heterocycles. The van der Waals surface area contributed by atoms with Gasteiger partial charge in [0.15, 0.2) is 0 Å². The highest BCUT2D eigenvalue weighted by Crippen LogP contribution is 2.26. The van der Waals surface area contributed by atoms with Crippen molar-refractivity contribution in [3.63, 3.8) is 0 Å². The summed E-state index contributed by atoms with van der Waals surface area (Å²) in [5, 5.41) is 13.3. The number of hydrogen-bond donors (Lipinski definition) is 2. The van der Waals surface area contributed by atoms with E-state index in [-0.39, 0.29) is 49.4 Å². The first-order chi connectivity index (χ1) is 22.0. The first-order valence-corrected chi connectivity index (χ1v) is 16.2. The molecule has 7 nitrogen and oxygen atoms in total. The van der Waals surface area contributed by atoms with Gasteiger partial charge < -0.3 is 20.1 Å². The minimum Gasteiger partial charge on any atom is -0.463 e. The summed E-state index contributed by atoms with van der Waals surface area (Å²) in [7, 11) is 0. The van der Waals surface area contributed by atoms with Crippen LogP contribution < -0.4 is 5.32 Å². The van der Waals surface area contributed by atoms with Crippen molar-refractivity contribution >= 4 is 17.8 Å². The fraction of sp³-hybridized carbons (Fsp3) is 0.395. The van der Waals surface area contributed by atoms with Gasteiger partial charge in [0.1, 0.15) is 6.61 Å². The minimum absolute atomic E-state index is 0.0336. The molecule has 2 aliphatic rings. The molecule has 0 aliphatic carbocycles. The lowest BCUT2D eigenvalue weighted by molar-refractivity contribution is -0.150. The number of allylic oxidation sites excluding steroid dienone is 2. The third-order valence-corrected chi connectivity index (χ3v) is 8.95. The van der Waals surface area contributed by atoms with Crippen molar-refractivity contribution in [3.8, 4) is 0 Å². The summed E-state index contributed by atoms with van der Waals surface area (Å²) in [4.78, 5) is 42.6. The summed E-state index contributed by atoms with van der Waals surface area (Å²) >= 11 is 0. The maximum absolute atomic E-state index is 13.8. The lowest BCUT2D eigenvalue weighted by atomic mass is 9.92. The van der Waals surface area contributed by atoms with Crippen LogP contribution in [-0.2, 0) is 44.9 Å². The van der Waals surface area contributed by atoms with E-state index in [1.165, 1.54) is 0 Å². The molecule has 3 aromatic rings. The lowest BCUT2D eigenvalue weighted by Gasteiger charge is -2.36. The van der Waals surface area contributed by atoms with Crippen LogP contribution in [0.1, 0.15) is 54.4 Å². The highest BCUT2D eigenvalue weighted by atomic mass is 16.5. The van der Waals surface area contributed by atoms with Crippen LogP contribution in [0.3, 0.4) is 0 Å². The van der Waals surface area contributed by atoms with Crippen molar-refractivity contribution < 1.29 is 24.2 Å². The Balaban J connectivity index is 1.33. The van der Waals surface area contributed by atoms with Crippen molar-refractivity contribution in [2.24, 2.45) is 11.8 Å². The molecule has 2 N–H and O–H groups in total. The third kappa shape index (κ3) is 9.14. The fourth-order valence-electron chi connectivity index (χ4n) is 6.39. The maximum atomic E-state index is 13.8. The second-order valence-corrected chi connectivity index (χ2v) is 12.3. The number of aliphatic hydroxyl groups is 1. The Morgan fingerprint density at radius 1 is 0.844 bits per heavy atom. The molecule has 0 spiro atoms. The summed E-state index contributed by atoms with van der Waals surface area (Å²) in [5.74, 6) is -1.49. The quantitative estimate of drug-likeness (QED) is 0.284. The number of carbonyl (C=O) groups excluding carboxylic acids is 3. The number of hydrogen-bond acceptors (Lipinski definition) is 5. The van der Waals surface area contributed by atoms with E-state index in [0.717, 1.165) is 35.1 Å². The van der Waals surface area contributed by atoms with Crippen LogP contribution in [0.4, 0.5) is 0 Å². The van der Waals surface area contributed by atoms with Gasteiger partial charge in [-0.1, -0.05) is 97.1 Å². The number of esters is 1. The Kier molecular flexibility index (Phi) is 11.6. The number of carbonyl (C=O) groups is 3. The van der Waals surface area contributed by atoms with Crippen molar-refractivity contribution in [1.29, 1.82) is 0 Å².